The van der Waals surface area contributed by atoms with Gasteiger partial charge >= 0.3 is 6.18 Å². The number of hydrogen-bond donors (Lipinski definition) is 0. The van der Waals surface area contributed by atoms with E-state index in [1.807, 2.05) is 4.90 Å². The average molecular weight is 466 g/mol. The number of piperidine rings is 1. The Morgan fingerprint density at radius 2 is 1.39 bits per heavy atom. The number of carbonyl (C=O) groups excluding carboxylic acids is 2. The van der Waals surface area contributed by atoms with Crippen molar-refractivity contribution in [1.82, 2.24) is 14.7 Å². The molecule has 33 heavy (non-hydrogen) atoms. The van der Waals surface area contributed by atoms with Crippen molar-refractivity contribution in [2.45, 2.75) is 51.1 Å². The van der Waals surface area contributed by atoms with E-state index in [1.54, 1.807) is 4.90 Å². The first-order valence-electron chi connectivity index (χ1n) is 12.3. The molecule has 0 bridgehead atoms. The molecule has 0 spiro atoms. The zero-order valence-corrected chi connectivity index (χ0v) is 19.2. The summed E-state index contributed by atoms with van der Waals surface area (Å²) in [6, 6.07) is 4.35. The van der Waals surface area contributed by atoms with Gasteiger partial charge < -0.3 is 9.80 Å². The predicted octanol–water partition coefficient (Wildman–Crippen LogP) is 4.28. The molecule has 1 aromatic carbocycles. The molecular weight excluding hydrogens is 431 g/mol. The monoisotopic (exact) mass is 465 g/mol. The lowest BCUT2D eigenvalue weighted by Gasteiger charge is -2.40. The molecule has 4 rings (SSSR count). The Labute approximate surface area is 193 Å². The van der Waals surface area contributed by atoms with Crippen LogP contribution in [0.15, 0.2) is 24.3 Å². The topological polar surface area (TPSA) is 43.9 Å². The second-order valence-electron chi connectivity index (χ2n) is 9.77. The standard InChI is InChI=1S/C25H34F3N3O2/c26-25(27,28)22-8-6-20(7-9-22)23(32)30-12-10-21(11-13-30)24(33)31-16-14-29(15-17-31)18-19-4-2-1-3-5-19/h6-9,19,21H,1-5,10-18H2. The van der Waals surface area contributed by atoms with Crippen molar-refractivity contribution in [2.24, 2.45) is 11.8 Å². The highest BCUT2D eigenvalue weighted by Crippen LogP contribution is 2.30. The molecule has 0 aromatic heterocycles. The molecule has 2 heterocycles. The highest BCUT2D eigenvalue weighted by atomic mass is 19.4. The Balaban J connectivity index is 1.22. The van der Waals surface area contributed by atoms with Gasteiger partial charge in [0, 0.05) is 57.3 Å². The third kappa shape index (κ3) is 6.08. The molecule has 1 aliphatic carbocycles. The summed E-state index contributed by atoms with van der Waals surface area (Å²) in [5.41, 5.74) is -0.510. The molecule has 5 nitrogen and oxygen atoms in total. The SMILES string of the molecule is O=C(c1ccc(C(F)(F)F)cc1)N1CCC(C(=O)N2CCN(CC3CCCCC3)CC2)CC1. The maximum Gasteiger partial charge on any atom is 0.416 e. The van der Waals surface area contributed by atoms with Crippen LogP contribution in [0.5, 0.6) is 0 Å². The minimum Gasteiger partial charge on any atom is -0.340 e. The number of halogens is 3. The first-order chi connectivity index (χ1) is 15.8. The minimum absolute atomic E-state index is 0.0773. The number of likely N-dealkylation sites (tertiary alicyclic amines) is 1. The Kier molecular flexibility index (Phi) is 7.62. The second-order valence-corrected chi connectivity index (χ2v) is 9.77. The van der Waals surface area contributed by atoms with Gasteiger partial charge in [0.25, 0.3) is 5.91 Å². The number of alkyl halides is 3. The number of hydrogen-bond acceptors (Lipinski definition) is 3. The van der Waals surface area contributed by atoms with Crippen molar-refractivity contribution in [3.63, 3.8) is 0 Å². The normalized spacial score (nSPS) is 21.9. The van der Waals surface area contributed by atoms with Gasteiger partial charge in [-0.3, -0.25) is 14.5 Å². The highest BCUT2D eigenvalue weighted by Gasteiger charge is 2.33. The molecular formula is C25H34F3N3O2. The molecule has 182 valence electrons. The van der Waals surface area contributed by atoms with E-state index < -0.39 is 11.7 Å². The van der Waals surface area contributed by atoms with E-state index in [9.17, 15) is 22.8 Å². The van der Waals surface area contributed by atoms with Gasteiger partial charge in [0.15, 0.2) is 0 Å². The van der Waals surface area contributed by atoms with Gasteiger partial charge in [-0.15, -0.1) is 0 Å². The summed E-state index contributed by atoms with van der Waals surface area (Å²) in [5.74, 6) is 0.652. The van der Waals surface area contributed by atoms with Gasteiger partial charge in [0.1, 0.15) is 0 Å². The highest BCUT2D eigenvalue weighted by molar-refractivity contribution is 5.94. The fourth-order valence-electron chi connectivity index (χ4n) is 5.46. The summed E-state index contributed by atoms with van der Waals surface area (Å²) in [6.07, 6.45) is 3.54. The molecule has 0 atom stereocenters. The maximum atomic E-state index is 13.0. The molecule has 3 aliphatic rings. The quantitative estimate of drug-likeness (QED) is 0.667. The molecule has 2 aliphatic heterocycles. The van der Waals surface area contributed by atoms with Crippen LogP contribution < -0.4 is 0 Å². The van der Waals surface area contributed by atoms with Crippen LogP contribution in [0.25, 0.3) is 0 Å². The molecule has 1 saturated carbocycles. The Morgan fingerprint density at radius 3 is 1.97 bits per heavy atom. The predicted molar refractivity (Wildman–Crippen MR) is 120 cm³/mol. The summed E-state index contributed by atoms with van der Waals surface area (Å²) >= 11 is 0. The Bertz CT molecular complexity index is 805. The molecule has 2 amide bonds. The number of carbonyl (C=O) groups is 2. The molecule has 0 unspecified atom stereocenters. The zero-order chi connectivity index (χ0) is 23.4. The number of rotatable bonds is 4. The zero-order valence-electron chi connectivity index (χ0n) is 19.2. The lowest BCUT2D eigenvalue weighted by Crippen LogP contribution is -2.52. The van der Waals surface area contributed by atoms with E-state index in [1.165, 1.54) is 44.2 Å². The van der Waals surface area contributed by atoms with Gasteiger partial charge in [-0.25, -0.2) is 0 Å². The lowest BCUT2D eigenvalue weighted by atomic mass is 9.89. The first-order valence-corrected chi connectivity index (χ1v) is 12.3. The van der Waals surface area contributed by atoms with Crippen LogP contribution in [-0.4, -0.2) is 72.3 Å². The van der Waals surface area contributed by atoms with Crippen molar-refractivity contribution in [3.8, 4) is 0 Å². The van der Waals surface area contributed by atoms with Gasteiger partial charge in [-0.05, 0) is 55.9 Å². The molecule has 0 N–H and O–H groups in total. The molecule has 8 heteroatoms. The van der Waals surface area contributed by atoms with Crippen LogP contribution in [0.4, 0.5) is 13.2 Å². The van der Waals surface area contributed by atoms with Crippen LogP contribution in [0.3, 0.4) is 0 Å². The minimum atomic E-state index is -4.42. The Morgan fingerprint density at radius 1 is 0.788 bits per heavy atom. The van der Waals surface area contributed by atoms with Gasteiger partial charge in [0.05, 0.1) is 5.56 Å². The summed E-state index contributed by atoms with van der Waals surface area (Å²) in [6.45, 7) is 5.50. The number of nitrogens with zero attached hydrogens (tertiary/aromatic N) is 3. The number of amides is 2. The van der Waals surface area contributed by atoms with Crippen LogP contribution in [0.1, 0.15) is 60.9 Å². The number of piperazine rings is 1. The van der Waals surface area contributed by atoms with Crippen molar-refractivity contribution < 1.29 is 22.8 Å². The molecule has 2 saturated heterocycles. The number of benzene rings is 1. The smallest absolute Gasteiger partial charge is 0.340 e. The average Bonchev–Trinajstić information content (AvgIpc) is 2.84. The largest absolute Gasteiger partial charge is 0.416 e. The van der Waals surface area contributed by atoms with Crippen molar-refractivity contribution >= 4 is 11.8 Å². The maximum absolute atomic E-state index is 13.0. The van der Waals surface area contributed by atoms with E-state index in [-0.39, 0.29) is 23.3 Å². The van der Waals surface area contributed by atoms with E-state index in [4.69, 9.17) is 0 Å². The van der Waals surface area contributed by atoms with Gasteiger partial charge in [-0.1, -0.05) is 19.3 Å². The summed E-state index contributed by atoms with van der Waals surface area (Å²) in [7, 11) is 0. The molecule has 1 aromatic rings. The van der Waals surface area contributed by atoms with Crippen LogP contribution in [-0.2, 0) is 11.0 Å². The lowest BCUT2D eigenvalue weighted by molar-refractivity contribution is -0.139. The van der Waals surface area contributed by atoms with E-state index >= 15 is 0 Å². The third-order valence-corrected chi connectivity index (χ3v) is 7.52. The van der Waals surface area contributed by atoms with Gasteiger partial charge in [-0.2, -0.15) is 13.2 Å². The van der Waals surface area contributed by atoms with Crippen LogP contribution in [0.2, 0.25) is 0 Å². The van der Waals surface area contributed by atoms with E-state index in [0.29, 0.717) is 25.9 Å². The summed E-state index contributed by atoms with van der Waals surface area (Å²) in [5, 5.41) is 0. The first kappa shape index (κ1) is 24.0. The Hall–Kier alpha value is -2.09. The van der Waals surface area contributed by atoms with Crippen molar-refractivity contribution in [3.05, 3.63) is 35.4 Å². The summed E-state index contributed by atoms with van der Waals surface area (Å²) < 4.78 is 38.2. The second kappa shape index (κ2) is 10.5. The van der Waals surface area contributed by atoms with E-state index in [2.05, 4.69) is 4.90 Å². The fourth-order valence-corrected chi connectivity index (χ4v) is 5.46. The summed E-state index contributed by atoms with van der Waals surface area (Å²) in [4.78, 5) is 31.8. The van der Waals surface area contributed by atoms with E-state index in [0.717, 1.165) is 50.8 Å². The van der Waals surface area contributed by atoms with Crippen LogP contribution in [0, 0.1) is 11.8 Å². The van der Waals surface area contributed by atoms with Crippen molar-refractivity contribution in [2.75, 3.05) is 45.8 Å². The molecule has 3 fully saturated rings. The molecule has 0 radical (unpaired) electrons. The van der Waals surface area contributed by atoms with Gasteiger partial charge in [0.2, 0.25) is 5.91 Å². The van der Waals surface area contributed by atoms with Crippen molar-refractivity contribution in [1.29, 1.82) is 0 Å². The third-order valence-electron chi connectivity index (χ3n) is 7.52. The van der Waals surface area contributed by atoms with Crippen LogP contribution >= 0.6 is 0 Å². The fraction of sp³-hybridized carbons (Fsp3) is 0.680.